The molecule has 516 valence electrons. The predicted molar refractivity (Wildman–Crippen MR) is 343 cm³/mol. The van der Waals surface area contributed by atoms with Crippen molar-refractivity contribution >= 4 is 41.6 Å². The number of carboxylic acid groups (broad SMARTS) is 2. The molecular weight excluding hydrogens is 1180 g/mol. The molecule has 6 heterocycles. The number of nitrogens with one attached hydrogen (secondary N) is 2. The van der Waals surface area contributed by atoms with Crippen molar-refractivity contribution in [2.24, 2.45) is 35.5 Å². The van der Waals surface area contributed by atoms with E-state index in [2.05, 4.69) is 22.5 Å². The summed E-state index contributed by atoms with van der Waals surface area (Å²) >= 11 is 0. The number of halogens is 2. The first kappa shape index (κ1) is 79.5. The molecule has 4 N–H and O–H groups in total. The molecule has 6 aliphatic rings. The van der Waals surface area contributed by atoms with Gasteiger partial charge in [-0.25, -0.2) is 8.78 Å². The summed E-state index contributed by atoms with van der Waals surface area (Å²) in [6.45, 7) is 34.7. The van der Waals surface area contributed by atoms with E-state index >= 15 is 0 Å². The highest BCUT2D eigenvalue weighted by atomic mass is 19.1. The van der Waals surface area contributed by atoms with Gasteiger partial charge in [-0.15, -0.1) is 0 Å². The third-order valence-corrected chi connectivity index (χ3v) is 15.4. The van der Waals surface area contributed by atoms with Crippen molar-refractivity contribution < 1.29 is 81.0 Å². The number of nitrogens with zero attached hydrogens (tertiary/aromatic N) is 4. The van der Waals surface area contributed by atoms with E-state index in [0.717, 1.165) is 122 Å². The largest absolute Gasteiger partial charge is 0.481 e. The standard InChI is InChI=1S/C21H31FN2O2.C13H23NO4.C12H16FN.C9H15NO4.C9H16O4.C4H9NO/c1-17(15-23-9-11-26-12-10-23)13-21(25)24-8-2-3-19(16-24)14-18-4-6-20(22)7-5-18;1-10(9-11(15)18-13(2,3)4)12(16)14-5-7-17-8-6-14;13-12-5-3-10(4-6-12)8-11-2-1-7-14-9-11;1-7(6-8(11)12)9(13)10-2-4-14-5-3-10;1-6(8(11)12)5-7(10)13-9(2,3)4;1-3-6-4-2-5-1/h4-7,17,19H,2-3,8-16H2,1H3;10H,5-9H2,1-4H3;3-6,11,14H,1-2,7-9H2;7H,2-6H2,1H3,(H,11,12);6H,5H2,1-4H3,(H,11,12);5H,1-4H2/t17-,19-;10-;11-;7-;6-;/m00000./s1. The molecule has 6 atom stereocenters. The van der Waals surface area contributed by atoms with Gasteiger partial charge in [0.2, 0.25) is 17.7 Å². The molecule has 0 radical (unpaired) electrons. The van der Waals surface area contributed by atoms with Crippen molar-refractivity contribution in [3.63, 3.8) is 0 Å². The Morgan fingerprint density at radius 1 is 0.527 bits per heavy atom. The molecular formula is C68H110F2N6O15. The molecule has 6 saturated heterocycles. The zero-order valence-electron chi connectivity index (χ0n) is 56.2. The van der Waals surface area contributed by atoms with Gasteiger partial charge >= 0.3 is 23.9 Å². The summed E-state index contributed by atoms with van der Waals surface area (Å²) in [4.78, 5) is 87.8. The van der Waals surface area contributed by atoms with Gasteiger partial charge in [0.1, 0.15) is 22.8 Å². The molecule has 2 aromatic rings. The van der Waals surface area contributed by atoms with E-state index in [-0.39, 0.29) is 60.5 Å². The summed E-state index contributed by atoms with van der Waals surface area (Å²) in [5.41, 5.74) is 1.36. The van der Waals surface area contributed by atoms with Gasteiger partial charge < -0.3 is 64.0 Å². The molecule has 0 spiro atoms. The van der Waals surface area contributed by atoms with Crippen molar-refractivity contribution in [3.8, 4) is 0 Å². The molecule has 8 rings (SSSR count). The van der Waals surface area contributed by atoms with Gasteiger partial charge in [0, 0.05) is 90.2 Å². The topological polar surface area (TPSA) is 252 Å². The van der Waals surface area contributed by atoms with E-state index in [4.69, 9.17) is 38.6 Å². The van der Waals surface area contributed by atoms with Gasteiger partial charge in [-0.05, 0) is 146 Å². The van der Waals surface area contributed by atoms with Crippen LogP contribution >= 0.6 is 0 Å². The first-order valence-corrected chi connectivity index (χ1v) is 32.7. The fourth-order valence-corrected chi connectivity index (χ4v) is 10.7. The Kier molecular flexibility index (Phi) is 37.8. The van der Waals surface area contributed by atoms with Crippen molar-refractivity contribution in [2.75, 3.05) is 138 Å². The van der Waals surface area contributed by atoms with Gasteiger partial charge in [-0.3, -0.25) is 38.5 Å². The number of morpholine rings is 4. The van der Waals surface area contributed by atoms with Gasteiger partial charge in [0.15, 0.2) is 0 Å². The molecule has 3 amide bonds. The van der Waals surface area contributed by atoms with Crippen LogP contribution in [0.2, 0.25) is 0 Å². The van der Waals surface area contributed by atoms with Crippen LogP contribution < -0.4 is 10.6 Å². The van der Waals surface area contributed by atoms with Crippen molar-refractivity contribution in [3.05, 3.63) is 71.3 Å². The van der Waals surface area contributed by atoms with Crippen molar-refractivity contribution in [1.82, 2.24) is 30.2 Å². The Hall–Kier alpha value is -5.69. The van der Waals surface area contributed by atoms with Crippen LogP contribution in [0.15, 0.2) is 48.5 Å². The van der Waals surface area contributed by atoms with Gasteiger partial charge in [0.05, 0.1) is 78.0 Å². The molecule has 6 fully saturated rings. The average Bonchev–Trinajstić information content (AvgIpc) is 2.74. The zero-order valence-corrected chi connectivity index (χ0v) is 56.2. The SMILES string of the molecule is C1COCCN1.C[C@@H](CC(=O)N1CCC[C@@H](Cc2ccc(F)cc2)C1)CN1CCOCC1.C[C@@H](CC(=O)O)C(=O)N1CCOCC1.C[C@@H](CC(=O)OC(C)(C)C)C(=O)N1CCOCC1.C[C@@H](CC(=O)OC(C)(C)C)C(=O)O.Fc1ccc(C[C@@H]2CCCNC2)cc1. The second-order valence-corrected chi connectivity index (χ2v) is 26.4. The lowest BCUT2D eigenvalue weighted by atomic mass is 9.91. The number of carbonyl (C=O) groups excluding carboxylic acids is 5. The molecule has 0 unspecified atom stereocenters. The summed E-state index contributed by atoms with van der Waals surface area (Å²) in [6, 6.07) is 13.6. The smallest absolute Gasteiger partial charge is 0.307 e. The number of rotatable bonds is 17. The Labute approximate surface area is 540 Å². The van der Waals surface area contributed by atoms with E-state index in [1.54, 1.807) is 56.6 Å². The Balaban J connectivity index is 0.000000297. The Bertz CT molecular complexity index is 2410. The minimum atomic E-state index is -0.981. The predicted octanol–water partition coefficient (Wildman–Crippen LogP) is 7.55. The molecule has 0 aromatic heterocycles. The summed E-state index contributed by atoms with van der Waals surface area (Å²) in [5, 5.41) is 23.6. The third-order valence-electron chi connectivity index (χ3n) is 15.4. The number of esters is 2. The molecule has 6 aliphatic heterocycles. The number of amides is 3. The molecule has 23 heteroatoms. The number of carboxylic acids is 2. The molecule has 21 nitrogen and oxygen atoms in total. The van der Waals surface area contributed by atoms with E-state index in [9.17, 15) is 42.3 Å². The number of likely N-dealkylation sites (tertiary alicyclic amines) is 1. The average molecular weight is 1290 g/mol. The van der Waals surface area contributed by atoms with E-state index in [1.165, 1.54) is 37.5 Å². The maximum atomic E-state index is 13.1. The van der Waals surface area contributed by atoms with E-state index in [0.29, 0.717) is 70.9 Å². The molecule has 0 saturated carbocycles. The maximum absolute atomic E-state index is 13.1. The summed E-state index contributed by atoms with van der Waals surface area (Å²) in [6.07, 6.45) is 7.35. The number of piperidine rings is 2. The minimum absolute atomic E-state index is 0.00385. The second kappa shape index (κ2) is 43.3. The Morgan fingerprint density at radius 2 is 0.956 bits per heavy atom. The molecule has 2 aromatic carbocycles. The molecule has 91 heavy (non-hydrogen) atoms. The zero-order chi connectivity index (χ0) is 67.4. The van der Waals surface area contributed by atoms with Crippen LogP contribution in [0.3, 0.4) is 0 Å². The summed E-state index contributed by atoms with van der Waals surface area (Å²) in [5.74, 6) is -2.71. The molecule has 0 aliphatic carbocycles. The van der Waals surface area contributed by atoms with Crippen LogP contribution in [0.1, 0.15) is 132 Å². The second-order valence-electron chi connectivity index (χ2n) is 26.4. The maximum Gasteiger partial charge on any atom is 0.307 e. The first-order chi connectivity index (χ1) is 43.1. The monoisotopic (exact) mass is 1290 g/mol. The highest BCUT2D eigenvalue weighted by Gasteiger charge is 2.29. The number of aliphatic carboxylic acids is 2. The van der Waals surface area contributed by atoms with Gasteiger partial charge in [-0.2, -0.15) is 0 Å². The fourth-order valence-electron chi connectivity index (χ4n) is 10.7. The van der Waals surface area contributed by atoms with Crippen LogP contribution in [0.4, 0.5) is 8.78 Å². The van der Waals surface area contributed by atoms with Crippen LogP contribution in [0.5, 0.6) is 0 Å². The highest BCUT2D eigenvalue weighted by Crippen LogP contribution is 2.24. The minimum Gasteiger partial charge on any atom is -0.481 e. The van der Waals surface area contributed by atoms with Crippen LogP contribution in [0.25, 0.3) is 0 Å². The summed E-state index contributed by atoms with van der Waals surface area (Å²) in [7, 11) is 0. The van der Waals surface area contributed by atoms with Gasteiger partial charge in [0.25, 0.3) is 0 Å². The summed E-state index contributed by atoms with van der Waals surface area (Å²) < 4.78 is 56.6. The number of benzene rings is 2. The molecule has 0 bridgehead atoms. The van der Waals surface area contributed by atoms with Crippen LogP contribution in [-0.2, 0) is 74.8 Å². The number of hydrogen-bond acceptors (Lipinski definition) is 16. The van der Waals surface area contributed by atoms with Crippen molar-refractivity contribution in [2.45, 2.75) is 145 Å². The highest BCUT2D eigenvalue weighted by molar-refractivity contribution is 5.84. The van der Waals surface area contributed by atoms with Crippen LogP contribution in [0, 0.1) is 47.1 Å². The van der Waals surface area contributed by atoms with Crippen LogP contribution in [-0.4, -0.2) is 221 Å². The number of ether oxygens (including phenoxy) is 6. The quantitative estimate of drug-likeness (QED) is 0.112. The Morgan fingerprint density at radius 3 is 1.36 bits per heavy atom. The van der Waals surface area contributed by atoms with Gasteiger partial charge in [-0.1, -0.05) is 52.0 Å². The lowest BCUT2D eigenvalue weighted by molar-refractivity contribution is -0.159. The lowest BCUT2D eigenvalue weighted by Crippen LogP contribution is -2.43. The number of hydrogen-bond donors (Lipinski definition) is 4. The first-order valence-electron chi connectivity index (χ1n) is 32.7. The lowest BCUT2D eigenvalue weighted by Gasteiger charge is -2.34. The van der Waals surface area contributed by atoms with E-state index in [1.807, 2.05) is 49.9 Å². The third kappa shape index (κ3) is 37.0. The van der Waals surface area contributed by atoms with Crippen molar-refractivity contribution in [1.29, 1.82) is 0 Å². The number of carbonyl (C=O) groups is 7. The van der Waals surface area contributed by atoms with E-state index < -0.39 is 40.9 Å². The normalized spacial score (nSPS) is 20.1. The fraction of sp³-hybridized carbons (Fsp3) is 0.721.